The van der Waals surface area contributed by atoms with Crippen molar-refractivity contribution in [2.45, 2.75) is 13.3 Å². The summed E-state index contributed by atoms with van der Waals surface area (Å²) in [5, 5.41) is 11.6. The lowest BCUT2D eigenvalue weighted by Crippen LogP contribution is -2.14. The highest BCUT2D eigenvalue weighted by molar-refractivity contribution is 7.99. The Labute approximate surface area is 111 Å². The monoisotopic (exact) mass is 267 g/mol. The minimum Gasteiger partial charge on any atom is -0.481 e. The van der Waals surface area contributed by atoms with Gasteiger partial charge in [-0.1, -0.05) is 19.1 Å². The number of aliphatic carboxylic acids is 1. The summed E-state index contributed by atoms with van der Waals surface area (Å²) < 4.78 is 0. The van der Waals surface area contributed by atoms with Crippen molar-refractivity contribution < 1.29 is 14.7 Å². The van der Waals surface area contributed by atoms with E-state index in [1.807, 2.05) is 18.4 Å². The fraction of sp³-hybridized carbons (Fsp3) is 0.385. The van der Waals surface area contributed by atoms with Crippen molar-refractivity contribution >= 4 is 29.3 Å². The molecule has 0 aliphatic rings. The van der Waals surface area contributed by atoms with Crippen molar-refractivity contribution in [3.8, 4) is 0 Å². The van der Waals surface area contributed by atoms with Crippen molar-refractivity contribution in [2.75, 3.05) is 17.3 Å². The first-order chi connectivity index (χ1) is 8.52. The van der Waals surface area contributed by atoms with Crippen molar-refractivity contribution in [1.29, 1.82) is 0 Å². The fourth-order valence-electron chi connectivity index (χ4n) is 1.49. The summed E-state index contributed by atoms with van der Waals surface area (Å²) in [4.78, 5) is 22.1. The number of thioether (sulfide) groups is 1. The molecule has 0 aliphatic heterocycles. The molecule has 4 nitrogen and oxygen atoms in total. The van der Waals surface area contributed by atoms with E-state index in [-0.39, 0.29) is 5.91 Å². The number of rotatable bonds is 6. The molecule has 1 amide bonds. The third-order valence-corrected chi connectivity index (χ3v) is 3.03. The third-order valence-electron chi connectivity index (χ3n) is 2.48. The van der Waals surface area contributed by atoms with Crippen LogP contribution in [0.4, 0.5) is 5.69 Å². The first-order valence-corrected chi connectivity index (χ1v) is 7.03. The van der Waals surface area contributed by atoms with E-state index in [0.717, 1.165) is 11.3 Å². The van der Waals surface area contributed by atoms with Gasteiger partial charge < -0.3 is 10.4 Å². The van der Waals surface area contributed by atoms with Gasteiger partial charge in [0.2, 0.25) is 5.91 Å². The quantitative estimate of drug-likeness (QED) is 0.829. The number of carbonyl (C=O) groups is 2. The minimum atomic E-state index is -0.799. The minimum absolute atomic E-state index is 0.0332. The Morgan fingerprint density at radius 1 is 1.33 bits per heavy atom. The molecular formula is C13H17NO3S. The Kier molecular flexibility index (Phi) is 5.71. The topological polar surface area (TPSA) is 66.4 Å². The van der Waals surface area contributed by atoms with Gasteiger partial charge in [-0.2, -0.15) is 11.8 Å². The summed E-state index contributed by atoms with van der Waals surface area (Å²) in [6.45, 7) is 1.68. The van der Waals surface area contributed by atoms with Gasteiger partial charge in [0.1, 0.15) is 0 Å². The lowest BCUT2D eigenvalue weighted by atomic mass is 10.0. The van der Waals surface area contributed by atoms with Crippen molar-refractivity contribution in [3.05, 3.63) is 29.8 Å². The van der Waals surface area contributed by atoms with E-state index in [1.54, 1.807) is 19.1 Å². The lowest BCUT2D eigenvalue weighted by Gasteiger charge is -2.08. The number of carbonyl (C=O) groups excluding carboxylic acids is 1. The van der Waals surface area contributed by atoms with Gasteiger partial charge in [-0.25, -0.2) is 0 Å². The van der Waals surface area contributed by atoms with Crippen LogP contribution in [0.1, 0.15) is 12.5 Å². The zero-order valence-corrected chi connectivity index (χ0v) is 11.3. The van der Waals surface area contributed by atoms with Crippen LogP contribution in [0.25, 0.3) is 0 Å². The van der Waals surface area contributed by atoms with Gasteiger partial charge >= 0.3 is 5.97 Å². The average Bonchev–Trinajstić information content (AvgIpc) is 2.31. The molecule has 0 spiro atoms. The van der Waals surface area contributed by atoms with Gasteiger partial charge in [0, 0.05) is 5.69 Å². The predicted octanol–water partition coefficient (Wildman–Crippen LogP) is 2.25. The number of benzene rings is 1. The summed E-state index contributed by atoms with van der Waals surface area (Å²) in [5.74, 6) is -0.805. The molecule has 98 valence electrons. The third kappa shape index (κ3) is 4.79. The number of anilines is 1. The zero-order valence-electron chi connectivity index (χ0n) is 10.5. The fourth-order valence-corrected chi connectivity index (χ4v) is 1.83. The molecule has 2 N–H and O–H groups in total. The summed E-state index contributed by atoms with van der Waals surface area (Å²) in [5.41, 5.74) is 1.69. The largest absolute Gasteiger partial charge is 0.481 e. The second-order valence-corrected chi connectivity index (χ2v) is 4.99. The second kappa shape index (κ2) is 7.06. The summed E-state index contributed by atoms with van der Waals surface area (Å²) in [6.07, 6.45) is 2.37. The molecule has 0 aromatic heterocycles. The van der Waals surface area contributed by atoms with Crippen molar-refractivity contribution in [2.24, 2.45) is 5.92 Å². The van der Waals surface area contributed by atoms with Gasteiger partial charge in [-0.15, -0.1) is 0 Å². The number of nitrogens with one attached hydrogen (secondary N) is 1. The molecular weight excluding hydrogens is 250 g/mol. The highest BCUT2D eigenvalue weighted by atomic mass is 32.2. The normalized spacial score (nSPS) is 11.9. The average molecular weight is 267 g/mol. The lowest BCUT2D eigenvalue weighted by molar-refractivity contribution is -0.141. The smallest absolute Gasteiger partial charge is 0.306 e. The van der Waals surface area contributed by atoms with Crippen LogP contribution in [-0.4, -0.2) is 29.0 Å². The Morgan fingerprint density at radius 2 is 1.94 bits per heavy atom. The summed E-state index contributed by atoms with van der Waals surface area (Å²) in [6, 6.07) is 7.27. The molecule has 0 heterocycles. The van der Waals surface area contributed by atoms with Crippen LogP contribution in [0.5, 0.6) is 0 Å². The van der Waals surface area contributed by atoms with Gasteiger partial charge in [0.15, 0.2) is 0 Å². The molecule has 1 unspecified atom stereocenters. The van der Waals surface area contributed by atoms with Crippen molar-refractivity contribution in [3.63, 3.8) is 0 Å². The Morgan fingerprint density at radius 3 is 2.44 bits per heavy atom. The van der Waals surface area contributed by atoms with E-state index in [9.17, 15) is 9.59 Å². The van der Waals surface area contributed by atoms with Crippen LogP contribution in [0, 0.1) is 5.92 Å². The standard InChI is InChI=1S/C13H17NO3S/c1-9(13(16)17)7-10-3-5-11(6-4-10)14-12(15)8-18-2/h3-6,9H,7-8H2,1-2H3,(H,14,15)(H,16,17). The number of hydrogen-bond donors (Lipinski definition) is 2. The van der Waals surface area contributed by atoms with Gasteiger partial charge in [-0.05, 0) is 30.4 Å². The zero-order chi connectivity index (χ0) is 13.5. The molecule has 0 radical (unpaired) electrons. The summed E-state index contributed by atoms with van der Waals surface area (Å²) >= 11 is 1.47. The van der Waals surface area contributed by atoms with Gasteiger partial charge in [0.25, 0.3) is 0 Å². The Bertz CT molecular complexity index is 417. The Balaban J connectivity index is 2.57. The molecule has 0 saturated heterocycles. The molecule has 0 bridgehead atoms. The van der Waals surface area contributed by atoms with Crippen LogP contribution >= 0.6 is 11.8 Å². The van der Waals surface area contributed by atoms with E-state index in [1.165, 1.54) is 11.8 Å². The van der Waals surface area contributed by atoms with E-state index < -0.39 is 11.9 Å². The maximum absolute atomic E-state index is 11.4. The van der Waals surface area contributed by atoms with Crippen LogP contribution in [0.15, 0.2) is 24.3 Å². The van der Waals surface area contributed by atoms with Crippen LogP contribution in [-0.2, 0) is 16.0 Å². The van der Waals surface area contributed by atoms with Crippen molar-refractivity contribution in [1.82, 2.24) is 0 Å². The molecule has 0 aliphatic carbocycles. The molecule has 1 rings (SSSR count). The van der Waals surface area contributed by atoms with E-state index in [2.05, 4.69) is 5.32 Å². The number of carboxylic acid groups (broad SMARTS) is 1. The maximum Gasteiger partial charge on any atom is 0.306 e. The molecule has 0 fully saturated rings. The molecule has 1 atom stereocenters. The van der Waals surface area contributed by atoms with Crippen LogP contribution in [0.3, 0.4) is 0 Å². The number of hydrogen-bond acceptors (Lipinski definition) is 3. The molecule has 1 aromatic carbocycles. The molecule has 1 aromatic rings. The van der Waals surface area contributed by atoms with E-state index >= 15 is 0 Å². The first-order valence-electron chi connectivity index (χ1n) is 5.63. The number of amides is 1. The summed E-state index contributed by atoms with van der Waals surface area (Å²) in [7, 11) is 0. The molecule has 0 saturated carbocycles. The first kappa shape index (κ1) is 14.6. The maximum atomic E-state index is 11.4. The predicted molar refractivity (Wildman–Crippen MR) is 74.0 cm³/mol. The second-order valence-electron chi connectivity index (χ2n) is 4.12. The Hall–Kier alpha value is -1.49. The van der Waals surface area contributed by atoms with Gasteiger partial charge in [-0.3, -0.25) is 9.59 Å². The number of carboxylic acids is 1. The van der Waals surface area contributed by atoms with E-state index in [0.29, 0.717) is 12.2 Å². The SMILES string of the molecule is CSCC(=O)Nc1ccc(CC(C)C(=O)O)cc1. The van der Waals surface area contributed by atoms with Crippen LogP contribution in [0.2, 0.25) is 0 Å². The van der Waals surface area contributed by atoms with E-state index in [4.69, 9.17) is 5.11 Å². The van der Waals surface area contributed by atoms with Crippen LogP contribution < -0.4 is 5.32 Å². The highest BCUT2D eigenvalue weighted by Gasteiger charge is 2.11. The molecule has 5 heteroatoms. The molecule has 18 heavy (non-hydrogen) atoms. The highest BCUT2D eigenvalue weighted by Crippen LogP contribution is 2.13. The van der Waals surface area contributed by atoms with Gasteiger partial charge in [0.05, 0.1) is 11.7 Å².